The Morgan fingerprint density at radius 3 is 2.50 bits per heavy atom. The summed E-state index contributed by atoms with van der Waals surface area (Å²) >= 11 is 0. The molecule has 0 saturated carbocycles. The van der Waals surface area contributed by atoms with Crippen LogP contribution < -0.4 is 20.1 Å². The summed E-state index contributed by atoms with van der Waals surface area (Å²) in [6.07, 6.45) is 0. The highest BCUT2D eigenvalue weighted by Crippen LogP contribution is 2.24. The summed E-state index contributed by atoms with van der Waals surface area (Å²) in [6.45, 7) is 7.00. The van der Waals surface area contributed by atoms with Gasteiger partial charge in [0, 0.05) is 37.3 Å². The predicted octanol–water partition coefficient (Wildman–Crippen LogP) is 1.79. The van der Waals surface area contributed by atoms with Gasteiger partial charge in [-0.15, -0.1) is 0 Å². The van der Waals surface area contributed by atoms with Crippen molar-refractivity contribution in [2.24, 2.45) is 0 Å². The van der Waals surface area contributed by atoms with Crippen LogP contribution in [0.2, 0.25) is 0 Å². The van der Waals surface area contributed by atoms with E-state index >= 15 is 0 Å². The number of hydrogen-bond acceptors (Lipinski definition) is 4. The summed E-state index contributed by atoms with van der Waals surface area (Å²) in [5.41, 5.74) is 1.14. The second kappa shape index (κ2) is 7.95. The predicted molar refractivity (Wildman–Crippen MR) is 74.4 cm³/mol. The fourth-order valence-electron chi connectivity index (χ4n) is 1.67. The van der Waals surface area contributed by atoms with Gasteiger partial charge < -0.3 is 20.1 Å². The maximum atomic E-state index is 5.35. The Hall–Kier alpha value is -1.26. The van der Waals surface area contributed by atoms with E-state index in [0.29, 0.717) is 6.04 Å². The fraction of sp³-hybridized carbons (Fsp3) is 0.571. The SMILES string of the molecule is COc1ccc(CNCCNC(C)C)c(OC)c1. The average molecular weight is 252 g/mol. The molecule has 0 spiro atoms. The van der Waals surface area contributed by atoms with Crippen LogP contribution in [0, 0.1) is 0 Å². The quantitative estimate of drug-likeness (QED) is 0.692. The first kappa shape index (κ1) is 14.8. The van der Waals surface area contributed by atoms with Crippen LogP contribution in [0.5, 0.6) is 11.5 Å². The minimum atomic E-state index is 0.530. The van der Waals surface area contributed by atoms with Gasteiger partial charge in [0.2, 0.25) is 0 Å². The second-order valence-corrected chi connectivity index (χ2v) is 4.46. The Kier molecular flexibility index (Phi) is 6.54. The van der Waals surface area contributed by atoms with Gasteiger partial charge in [-0.1, -0.05) is 19.9 Å². The molecule has 0 aliphatic carbocycles. The molecule has 0 heterocycles. The molecule has 2 N–H and O–H groups in total. The molecule has 0 amide bonds. The van der Waals surface area contributed by atoms with Gasteiger partial charge in [-0.2, -0.15) is 0 Å². The molecular weight excluding hydrogens is 228 g/mol. The lowest BCUT2D eigenvalue weighted by Gasteiger charge is -2.12. The van der Waals surface area contributed by atoms with E-state index in [1.807, 2.05) is 18.2 Å². The Bertz CT molecular complexity index is 354. The maximum Gasteiger partial charge on any atom is 0.127 e. The van der Waals surface area contributed by atoms with E-state index in [9.17, 15) is 0 Å². The Balaban J connectivity index is 2.41. The fourth-order valence-corrected chi connectivity index (χ4v) is 1.67. The van der Waals surface area contributed by atoms with Gasteiger partial charge in [-0.05, 0) is 6.07 Å². The normalized spacial score (nSPS) is 10.7. The highest BCUT2D eigenvalue weighted by atomic mass is 16.5. The third-order valence-corrected chi connectivity index (χ3v) is 2.66. The lowest BCUT2D eigenvalue weighted by molar-refractivity contribution is 0.389. The number of nitrogens with one attached hydrogen (secondary N) is 2. The summed E-state index contributed by atoms with van der Waals surface area (Å²) in [6, 6.07) is 6.41. The van der Waals surface area contributed by atoms with Gasteiger partial charge in [0.25, 0.3) is 0 Å². The monoisotopic (exact) mass is 252 g/mol. The van der Waals surface area contributed by atoms with Crippen LogP contribution in [-0.2, 0) is 6.54 Å². The Morgan fingerprint density at radius 2 is 1.89 bits per heavy atom. The van der Waals surface area contributed by atoms with Crippen LogP contribution >= 0.6 is 0 Å². The van der Waals surface area contributed by atoms with Crippen LogP contribution in [0.1, 0.15) is 19.4 Å². The molecule has 0 atom stereocenters. The standard InChI is InChI=1S/C14H24N2O2/c1-11(2)16-8-7-15-10-12-5-6-13(17-3)9-14(12)18-4/h5-6,9,11,15-16H,7-8,10H2,1-4H3. The van der Waals surface area contributed by atoms with Crippen molar-refractivity contribution in [1.29, 1.82) is 0 Å². The molecule has 0 bridgehead atoms. The number of ether oxygens (including phenoxy) is 2. The van der Waals surface area contributed by atoms with Gasteiger partial charge in [0.05, 0.1) is 14.2 Å². The smallest absolute Gasteiger partial charge is 0.127 e. The molecular formula is C14H24N2O2. The van der Waals surface area contributed by atoms with Crippen molar-refractivity contribution < 1.29 is 9.47 Å². The number of benzene rings is 1. The van der Waals surface area contributed by atoms with Crippen molar-refractivity contribution in [3.63, 3.8) is 0 Å². The number of hydrogen-bond donors (Lipinski definition) is 2. The summed E-state index contributed by atoms with van der Waals surface area (Å²) in [5.74, 6) is 1.68. The molecule has 18 heavy (non-hydrogen) atoms. The molecule has 0 fully saturated rings. The maximum absolute atomic E-state index is 5.35. The summed E-state index contributed by atoms with van der Waals surface area (Å²) in [7, 11) is 3.34. The zero-order chi connectivity index (χ0) is 13.4. The molecule has 0 saturated heterocycles. The van der Waals surface area contributed by atoms with E-state index in [-0.39, 0.29) is 0 Å². The van der Waals surface area contributed by atoms with Crippen molar-refractivity contribution >= 4 is 0 Å². The number of rotatable bonds is 8. The van der Waals surface area contributed by atoms with Gasteiger partial charge in [0.1, 0.15) is 11.5 Å². The molecule has 0 aliphatic rings. The van der Waals surface area contributed by atoms with E-state index in [1.165, 1.54) is 0 Å². The topological polar surface area (TPSA) is 42.5 Å². The highest BCUT2D eigenvalue weighted by molar-refractivity contribution is 5.40. The summed E-state index contributed by atoms with van der Waals surface area (Å²) in [4.78, 5) is 0. The lowest BCUT2D eigenvalue weighted by Crippen LogP contribution is -2.31. The van der Waals surface area contributed by atoms with Crippen LogP contribution in [0.25, 0.3) is 0 Å². The third-order valence-electron chi connectivity index (χ3n) is 2.66. The average Bonchev–Trinajstić information content (AvgIpc) is 2.38. The van der Waals surface area contributed by atoms with E-state index in [2.05, 4.69) is 24.5 Å². The minimum absolute atomic E-state index is 0.530. The van der Waals surface area contributed by atoms with Gasteiger partial charge in [0.15, 0.2) is 0 Å². The van der Waals surface area contributed by atoms with E-state index < -0.39 is 0 Å². The largest absolute Gasteiger partial charge is 0.497 e. The van der Waals surface area contributed by atoms with Crippen molar-refractivity contribution in [2.45, 2.75) is 26.4 Å². The van der Waals surface area contributed by atoms with Crippen LogP contribution in [0.15, 0.2) is 18.2 Å². The van der Waals surface area contributed by atoms with E-state index in [0.717, 1.165) is 36.7 Å². The van der Waals surface area contributed by atoms with Crippen LogP contribution in [0.4, 0.5) is 0 Å². The molecule has 1 rings (SSSR count). The Morgan fingerprint density at radius 1 is 1.11 bits per heavy atom. The van der Waals surface area contributed by atoms with E-state index in [4.69, 9.17) is 9.47 Å². The van der Waals surface area contributed by atoms with Crippen molar-refractivity contribution in [3.8, 4) is 11.5 Å². The van der Waals surface area contributed by atoms with Gasteiger partial charge in [-0.3, -0.25) is 0 Å². The molecule has 4 nitrogen and oxygen atoms in total. The van der Waals surface area contributed by atoms with Crippen molar-refractivity contribution in [1.82, 2.24) is 10.6 Å². The second-order valence-electron chi connectivity index (χ2n) is 4.46. The first-order valence-corrected chi connectivity index (χ1v) is 6.32. The summed E-state index contributed by atoms with van der Waals surface area (Å²) < 4.78 is 10.5. The molecule has 1 aromatic rings. The zero-order valence-electron chi connectivity index (χ0n) is 11.7. The first-order valence-electron chi connectivity index (χ1n) is 6.32. The highest BCUT2D eigenvalue weighted by Gasteiger charge is 2.04. The minimum Gasteiger partial charge on any atom is -0.497 e. The van der Waals surface area contributed by atoms with E-state index in [1.54, 1.807) is 14.2 Å². The lowest BCUT2D eigenvalue weighted by atomic mass is 10.2. The van der Waals surface area contributed by atoms with Gasteiger partial charge >= 0.3 is 0 Å². The van der Waals surface area contributed by atoms with Gasteiger partial charge in [-0.25, -0.2) is 0 Å². The third kappa shape index (κ3) is 4.94. The Labute approximate surface area is 110 Å². The van der Waals surface area contributed by atoms with Crippen LogP contribution in [0.3, 0.4) is 0 Å². The van der Waals surface area contributed by atoms with Crippen molar-refractivity contribution in [2.75, 3.05) is 27.3 Å². The summed E-state index contributed by atoms with van der Waals surface area (Å²) in [5, 5.41) is 6.75. The molecule has 0 radical (unpaired) electrons. The molecule has 0 aliphatic heterocycles. The first-order chi connectivity index (χ1) is 8.67. The molecule has 102 valence electrons. The number of methoxy groups -OCH3 is 2. The van der Waals surface area contributed by atoms with Crippen molar-refractivity contribution in [3.05, 3.63) is 23.8 Å². The molecule has 0 unspecified atom stereocenters. The van der Waals surface area contributed by atoms with Crippen LogP contribution in [-0.4, -0.2) is 33.4 Å². The molecule has 4 heteroatoms. The molecule has 1 aromatic carbocycles. The zero-order valence-corrected chi connectivity index (χ0v) is 11.7. The molecule has 0 aromatic heterocycles.